The third kappa shape index (κ3) is 10.5. The molecule has 0 spiro atoms. The summed E-state index contributed by atoms with van der Waals surface area (Å²) >= 11 is 13.9. The van der Waals surface area contributed by atoms with Gasteiger partial charge < -0.3 is 54.4 Å². The number of likely N-dealkylation sites (N-methyl/N-ethyl adjacent to an activating group) is 1. The Hall–Kier alpha value is -3.66. The minimum atomic E-state index is -1.46. The lowest BCUT2D eigenvalue weighted by atomic mass is 9.70. The summed E-state index contributed by atoms with van der Waals surface area (Å²) in [6.45, 7) is 14.3. The average molecular weight is 995 g/mol. The number of hydrogen-bond donors (Lipinski definition) is 4. The van der Waals surface area contributed by atoms with Crippen LogP contribution in [0.2, 0.25) is 10.0 Å². The highest BCUT2D eigenvalue weighted by molar-refractivity contribution is 8.00. The summed E-state index contributed by atoms with van der Waals surface area (Å²) in [6, 6.07) is -0.295. The molecule has 0 saturated carbocycles. The molecular formula is C46H65Cl2N7O11S. The smallest absolute Gasteiger partial charge is 0.320 e. The van der Waals surface area contributed by atoms with Crippen molar-refractivity contribution in [2.45, 2.75) is 141 Å². The molecular weight excluding hydrogens is 930 g/mol. The molecule has 5 N–H and O–H groups in total. The molecule has 0 radical (unpaired) electrons. The van der Waals surface area contributed by atoms with Crippen molar-refractivity contribution in [1.82, 2.24) is 24.4 Å². The number of ether oxygens (including phenoxy) is 5. The number of hydrogen-bond acceptors (Lipinski definition) is 17. The number of aliphatic hydroxyl groups excluding tert-OH is 2. The quantitative estimate of drug-likeness (QED) is 0.176. The number of halogens is 2. The van der Waals surface area contributed by atoms with Gasteiger partial charge in [-0.25, -0.2) is 9.97 Å². The van der Waals surface area contributed by atoms with E-state index in [1.54, 1.807) is 53.0 Å². The minimum Gasteiger partial charge on any atom is -0.458 e. The summed E-state index contributed by atoms with van der Waals surface area (Å²) < 4.78 is 33.3. The number of carbonyl (C=O) groups is 4. The van der Waals surface area contributed by atoms with E-state index in [-0.39, 0.29) is 75.7 Å². The molecule has 3 aliphatic heterocycles. The maximum atomic E-state index is 14.9. The van der Waals surface area contributed by atoms with Crippen LogP contribution in [0.5, 0.6) is 0 Å². The molecule has 3 fully saturated rings. The summed E-state index contributed by atoms with van der Waals surface area (Å²) in [6.07, 6.45) is 0.633. The van der Waals surface area contributed by atoms with Crippen LogP contribution in [0.25, 0.3) is 11.0 Å². The molecule has 15 atom stereocenters. The Kier molecular flexibility index (Phi) is 16.6. The second-order valence-electron chi connectivity index (χ2n) is 19.0. The number of imidazole rings is 1. The lowest BCUT2D eigenvalue weighted by Crippen LogP contribution is -2.60. The van der Waals surface area contributed by atoms with Gasteiger partial charge in [-0.1, -0.05) is 50.9 Å². The summed E-state index contributed by atoms with van der Waals surface area (Å²) in [5, 5.41) is 25.6. The molecule has 3 aromatic heterocycles. The van der Waals surface area contributed by atoms with E-state index in [0.29, 0.717) is 11.9 Å². The normalized spacial score (nSPS) is 35.5. The van der Waals surface area contributed by atoms with E-state index in [2.05, 4.69) is 20.3 Å². The Morgan fingerprint density at radius 1 is 1.03 bits per heavy atom. The molecule has 2 unspecified atom stereocenters. The molecule has 6 rings (SSSR count). The first-order valence-corrected chi connectivity index (χ1v) is 24.5. The van der Waals surface area contributed by atoms with E-state index < -0.39 is 94.6 Å². The number of Topliss-reactive ketones (excluding diaryl/α,β-unsaturated/α-hetero) is 1. The van der Waals surface area contributed by atoms with Crippen LogP contribution in [0.3, 0.4) is 0 Å². The van der Waals surface area contributed by atoms with Crippen LogP contribution < -0.4 is 11.1 Å². The Balaban J connectivity index is 1.32. The highest BCUT2D eigenvalue weighted by atomic mass is 35.5. The fourth-order valence-electron chi connectivity index (χ4n) is 10.3. The third-order valence-electron chi connectivity index (χ3n) is 14.2. The lowest BCUT2D eigenvalue weighted by Gasteiger charge is -2.48. The van der Waals surface area contributed by atoms with Gasteiger partial charge in [-0.15, -0.1) is 11.8 Å². The number of nitrogen functional groups attached to an aromatic ring is 1. The fraction of sp³-hybridized carbons (Fsp3) is 0.674. The number of aliphatic hydroxyl groups is 2. The molecule has 1 amide bonds. The van der Waals surface area contributed by atoms with Crippen LogP contribution in [-0.4, -0.2) is 145 Å². The van der Waals surface area contributed by atoms with E-state index in [9.17, 15) is 29.4 Å². The highest BCUT2D eigenvalue weighted by Gasteiger charge is 2.61. The Bertz CT molecular complexity index is 2290. The van der Waals surface area contributed by atoms with Gasteiger partial charge in [0.15, 0.2) is 17.7 Å². The van der Waals surface area contributed by atoms with Gasteiger partial charge in [0.2, 0.25) is 0 Å². The third-order valence-corrected chi connectivity index (χ3v) is 16.0. The van der Waals surface area contributed by atoms with Crippen LogP contribution in [0, 0.1) is 29.6 Å². The Morgan fingerprint density at radius 2 is 1.70 bits per heavy atom. The molecule has 21 heteroatoms. The van der Waals surface area contributed by atoms with Crippen molar-refractivity contribution in [1.29, 1.82) is 0 Å². The van der Waals surface area contributed by atoms with Crippen molar-refractivity contribution < 1.29 is 53.1 Å². The average Bonchev–Trinajstić information content (AvgIpc) is 3.82. The molecule has 67 heavy (non-hydrogen) atoms. The summed E-state index contributed by atoms with van der Waals surface area (Å²) in [5.74, 6) is -5.90. The van der Waals surface area contributed by atoms with Gasteiger partial charge in [-0.05, 0) is 61.1 Å². The van der Waals surface area contributed by atoms with Gasteiger partial charge in [-0.2, -0.15) is 0 Å². The number of rotatable bonds is 11. The number of aryl methyl sites for hydroxylation is 1. The van der Waals surface area contributed by atoms with E-state index in [4.69, 9.17) is 52.6 Å². The van der Waals surface area contributed by atoms with Gasteiger partial charge in [0, 0.05) is 67.7 Å². The zero-order chi connectivity index (χ0) is 49.4. The van der Waals surface area contributed by atoms with Gasteiger partial charge in [0.25, 0.3) is 5.91 Å². The number of nitrogens with zero attached hydrogens (tertiary/aromatic N) is 5. The second-order valence-corrected chi connectivity index (χ2v) is 21.0. The fourth-order valence-corrected chi connectivity index (χ4v) is 12.2. The standard InChI is InChI=1S/C46H65Cl2N7O11S/c1-12-30-46(8)31(38(43(61)66-46)67-14-13-55-20-52-33-34(55)26(17-51-40(33)49)41(59)53-32-27(47)18-50-19-28(32)48)23(4)35(56)21(2)16-45(7,62-11)39(24(5)36(57)25(6)42(60)64-30)65-44-37(58)29(54(9)10)15-22(3)63-44/h17-25,29-31,36-39,44,57-58H,12-16H2,1-11H3,(H2,49,51)(H,50,53,59)/t21-,22-,23-,24+,25-,29+,30-,31+,36?,37-,38?,39-,44+,45-,46-/m1/s1. The molecule has 6 heterocycles. The zero-order valence-electron chi connectivity index (χ0n) is 39.9. The number of amides is 1. The largest absolute Gasteiger partial charge is 0.458 e. The van der Waals surface area contributed by atoms with Crippen LogP contribution in [0.4, 0.5) is 11.5 Å². The summed E-state index contributed by atoms with van der Waals surface area (Å²) in [4.78, 5) is 71.5. The van der Waals surface area contributed by atoms with Gasteiger partial charge in [0.05, 0.1) is 63.0 Å². The number of carbonyl (C=O) groups excluding carboxylic acids is 4. The van der Waals surface area contributed by atoms with Crippen molar-refractivity contribution in [2.75, 3.05) is 38.0 Å². The first-order chi connectivity index (χ1) is 31.5. The monoisotopic (exact) mass is 993 g/mol. The predicted molar refractivity (Wildman–Crippen MR) is 254 cm³/mol. The van der Waals surface area contributed by atoms with Gasteiger partial charge in [0.1, 0.15) is 28.8 Å². The zero-order valence-corrected chi connectivity index (χ0v) is 42.2. The molecule has 3 aromatic rings. The van der Waals surface area contributed by atoms with E-state index >= 15 is 0 Å². The molecule has 0 bridgehead atoms. The number of methoxy groups -OCH3 is 1. The molecule has 370 valence electrons. The molecule has 0 aromatic carbocycles. The van der Waals surface area contributed by atoms with Crippen LogP contribution in [-0.2, 0) is 44.6 Å². The maximum absolute atomic E-state index is 14.9. The Labute approximate surface area is 405 Å². The number of aromatic nitrogens is 4. The van der Waals surface area contributed by atoms with Crippen molar-refractivity contribution in [2.24, 2.45) is 29.6 Å². The minimum absolute atomic E-state index is 0.0978. The van der Waals surface area contributed by atoms with Crippen molar-refractivity contribution in [3.63, 3.8) is 0 Å². The summed E-state index contributed by atoms with van der Waals surface area (Å²) in [5.41, 5.74) is 4.44. The molecule has 3 aliphatic rings. The number of fused-ring (bicyclic) bond motifs is 2. The number of thioether (sulfide) groups is 1. The number of anilines is 2. The van der Waals surface area contributed by atoms with Crippen LogP contribution >= 0.6 is 35.0 Å². The number of nitrogens with one attached hydrogen (secondary N) is 1. The van der Waals surface area contributed by atoms with E-state index in [1.807, 2.05) is 25.9 Å². The van der Waals surface area contributed by atoms with Crippen molar-refractivity contribution in [3.8, 4) is 0 Å². The van der Waals surface area contributed by atoms with Gasteiger partial charge in [-0.3, -0.25) is 24.2 Å². The SMILES string of the molecule is CC[C@H]1OC(=O)[C@H](C)C(O)[C@H](C)[C@@H](O[C@@H]2O[C@H](C)C[C@H](N(C)C)[C@H]2O)[C@](C)(OC)C[C@@H](C)C(=O)[C@H](C)[C@H]2C(SCCn3cnc4c(N)ncc(C(=O)Nc5c(Cl)cncc5Cl)c43)C(=O)O[C@@]21C. The second kappa shape index (κ2) is 21.1. The number of pyridine rings is 2. The van der Waals surface area contributed by atoms with Crippen LogP contribution in [0.15, 0.2) is 24.9 Å². The first-order valence-electron chi connectivity index (χ1n) is 22.7. The number of nitrogens with two attached hydrogens (primary N) is 1. The molecule has 3 saturated heterocycles. The summed E-state index contributed by atoms with van der Waals surface area (Å²) in [7, 11) is 5.23. The predicted octanol–water partition coefficient (Wildman–Crippen LogP) is 5.42. The number of ketones is 1. The van der Waals surface area contributed by atoms with Gasteiger partial charge >= 0.3 is 11.9 Å². The topological polar surface area (TPSA) is 240 Å². The molecule has 18 nitrogen and oxygen atoms in total. The van der Waals surface area contributed by atoms with Crippen LogP contribution in [0.1, 0.15) is 85.0 Å². The highest BCUT2D eigenvalue weighted by Crippen LogP contribution is 2.49. The van der Waals surface area contributed by atoms with Crippen molar-refractivity contribution >= 4 is 81.1 Å². The number of cyclic esters (lactones) is 1. The van der Waals surface area contributed by atoms with E-state index in [0.717, 1.165) is 0 Å². The van der Waals surface area contributed by atoms with E-state index in [1.165, 1.54) is 43.8 Å². The molecule has 0 aliphatic carbocycles. The first kappa shape index (κ1) is 52.7. The lowest BCUT2D eigenvalue weighted by molar-refractivity contribution is -0.301. The Morgan fingerprint density at radius 3 is 2.33 bits per heavy atom. The van der Waals surface area contributed by atoms with Crippen molar-refractivity contribution in [3.05, 3.63) is 40.5 Å². The maximum Gasteiger partial charge on any atom is 0.320 e. The number of esters is 2.